The predicted octanol–water partition coefficient (Wildman–Crippen LogP) is 1.95. The first-order valence-corrected chi connectivity index (χ1v) is 6.22. The normalized spacial score (nSPS) is 10.4. The summed E-state index contributed by atoms with van der Waals surface area (Å²) in [4.78, 5) is 10.9. The molecule has 0 saturated heterocycles. The van der Waals surface area contributed by atoms with E-state index in [2.05, 4.69) is 22.4 Å². The number of carbonyl (C=O) groups excluding carboxylic acids is 1. The van der Waals surface area contributed by atoms with Crippen LogP contribution in [0.5, 0.6) is 0 Å². The average molecular weight is 249 g/mol. The van der Waals surface area contributed by atoms with Gasteiger partial charge in [0.1, 0.15) is 0 Å². The lowest BCUT2D eigenvalue weighted by atomic mass is 10.1. The van der Waals surface area contributed by atoms with Gasteiger partial charge in [-0.3, -0.25) is 4.79 Å². The third-order valence-electron chi connectivity index (χ3n) is 2.29. The zero-order valence-corrected chi connectivity index (χ0v) is 10.9. The number of amides is 1. The number of unbranched alkanes of at least 4 members (excludes halogenated alkanes) is 4. The molecule has 1 N–H and O–H groups in total. The Balaban J connectivity index is 2.96. The molecule has 0 aliphatic heterocycles. The van der Waals surface area contributed by atoms with Crippen LogP contribution in [0.2, 0.25) is 0 Å². The van der Waals surface area contributed by atoms with Gasteiger partial charge in [-0.2, -0.15) is 0 Å². The molecule has 0 rings (SSSR count). The summed E-state index contributed by atoms with van der Waals surface area (Å²) >= 11 is 3.61. The number of hydrogen-bond donors (Lipinski definition) is 2. The van der Waals surface area contributed by atoms with Crippen LogP contribution in [0.25, 0.3) is 0 Å². The Morgan fingerprint density at radius 3 is 2.44 bits per heavy atom. The van der Waals surface area contributed by atoms with Crippen molar-refractivity contribution >= 4 is 18.8 Å². The monoisotopic (exact) mass is 249 g/mol. The van der Waals surface area contributed by atoms with Crippen molar-refractivity contribution in [3.8, 4) is 0 Å². The Morgan fingerprint density at radius 1 is 1.06 bits per heavy atom. The second-order valence-electron chi connectivity index (χ2n) is 3.64. The van der Waals surface area contributed by atoms with Gasteiger partial charge < -0.3 is 14.2 Å². The average Bonchev–Trinajstić information content (AvgIpc) is 2.31. The van der Waals surface area contributed by atoms with Gasteiger partial charge in [-0.25, -0.2) is 0 Å². The van der Waals surface area contributed by atoms with Crippen molar-refractivity contribution in [1.82, 2.24) is 5.32 Å². The summed E-state index contributed by atoms with van der Waals surface area (Å²) in [6.45, 7) is 1.93. The van der Waals surface area contributed by atoms with Gasteiger partial charge in [0.05, 0.1) is 13.2 Å². The van der Waals surface area contributed by atoms with E-state index in [0.717, 1.165) is 32.3 Å². The molecule has 1 amide bonds. The third kappa shape index (κ3) is 11.8. The highest BCUT2D eigenvalue weighted by molar-refractivity contribution is 7.75. The summed E-state index contributed by atoms with van der Waals surface area (Å²) in [5.41, 5.74) is 0. The number of thiol groups is 1. The minimum Gasteiger partial charge on any atom is -0.379 e. The fourth-order valence-corrected chi connectivity index (χ4v) is 1.42. The third-order valence-corrected chi connectivity index (χ3v) is 2.47. The molecule has 5 heteroatoms. The van der Waals surface area contributed by atoms with Crippen LogP contribution >= 0.6 is 12.9 Å². The largest absolute Gasteiger partial charge is 0.379 e. The Kier molecular flexibility index (Phi) is 12.6. The second-order valence-corrected chi connectivity index (χ2v) is 3.89. The summed E-state index contributed by atoms with van der Waals surface area (Å²) in [7, 11) is 1.67. The molecule has 4 nitrogen and oxygen atoms in total. The fraction of sp³-hybridized carbons (Fsp3) is 0.909. The minimum absolute atomic E-state index is 0.134. The molecule has 0 aromatic heterocycles. The van der Waals surface area contributed by atoms with Crippen molar-refractivity contribution in [1.29, 1.82) is 0 Å². The van der Waals surface area contributed by atoms with Crippen LogP contribution in [0.3, 0.4) is 0 Å². The topological polar surface area (TPSA) is 47.6 Å². The minimum atomic E-state index is 0.134. The Hall–Kier alpha value is -0.260. The molecule has 0 atom stereocenters. The molecule has 0 unspecified atom stereocenters. The molecule has 0 heterocycles. The zero-order valence-electron chi connectivity index (χ0n) is 10.0. The zero-order chi connectivity index (χ0) is 12.1. The maximum Gasteiger partial charge on any atom is 0.219 e. The van der Waals surface area contributed by atoms with E-state index >= 15 is 0 Å². The lowest BCUT2D eigenvalue weighted by Crippen LogP contribution is -2.16. The van der Waals surface area contributed by atoms with Gasteiger partial charge in [-0.05, 0) is 25.8 Å². The maximum absolute atomic E-state index is 10.9. The number of carbonyl (C=O) groups is 1. The standard InChI is InChI=1S/C11H23NO3S/c1-12-11(13)7-5-3-2-4-6-8-14-9-10-15-16/h16H,2-10H2,1H3,(H,12,13). The first-order chi connectivity index (χ1) is 7.81. The van der Waals surface area contributed by atoms with E-state index in [0.29, 0.717) is 19.6 Å². The number of ether oxygens (including phenoxy) is 1. The van der Waals surface area contributed by atoms with Crippen LogP contribution in [0.4, 0.5) is 0 Å². The van der Waals surface area contributed by atoms with E-state index in [1.165, 1.54) is 6.42 Å². The van der Waals surface area contributed by atoms with Gasteiger partial charge in [0, 0.05) is 20.1 Å². The van der Waals surface area contributed by atoms with Gasteiger partial charge in [-0.15, -0.1) is 0 Å². The smallest absolute Gasteiger partial charge is 0.219 e. The molecule has 0 aromatic rings. The first kappa shape index (κ1) is 15.7. The molecule has 0 radical (unpaired) electrons. The van der Waals surface area contributed by atoms with E-state index in [9.17, 15) is 4.79 Å². The van der Waals surface area contributed by atoms with Crippen molar-refractivity contribution < 1.29 is 13.7 Å². The van der Waals surface area contributed by atoms with Crippen LogP contribution in [0, 0.1) is 0 Å². The molecule has 0 bridgehead atoms. The maximum atomic E-state index is 10.9. The number of hydrogen-bond acceptors (Lipinski definition) is 4. The molecule has 0 aromatic carbocycles. The SMILES string of the molecule is CNC(=O)CCCCCCCOCCOS. The summed E-state index contributed by atoms with van der Waals surface area (Å²) in [5, 5.41) is 2.62. The van der Waals surface area contributed by atoms with E-state index < -0.39 is 0 Å². The predicted molar refractivity (Wildman–Crippen MR) is 67.5 cm³/mol. The van der Waals surface area contributed by atoms with Crippen molar-refractivity contribution in [3.63, 3.8) is 0 Å². The molecule has 0 aliphatic rings. The van der Waals surface area contributed by atoms with E-state index in [1.807, 2.05) is 0 Å². The van der Waals surface area contributed by atoms with Crippen LogP contribution in [-0.4, -0.2) is 32.8 Å². The Bertz CT molecular complexity index is 167. The highest BCUT2D eigenvalue weighted by Gasteiger charge is 1.97. The van der Waals surface area contributed by atoms with Gasteiger partial charge in [0.25, 0.3) is 0 Å². The Labute approximate surface area is 104 Å². The van der Waals surface area contributed by atoms with Crippen LogP contribution in [-0.2, 0) is 13.7 Å². The summed E-state index contributed by atoms with van der Waals surface area (Å²) < 4.78 is 9.86. The van der Waals surface area contributed by atoms with E-state index in [4.69, 9.17) is 4.74 Å². The highest BCUT2D eigenvalue weighted by Crippen LogP contribution is 2.05. The molecular formula is C11H23NO3S. The van der Waals surface area contributed by atoms with Gasteiger partial charge in [0.2, 0.25) is 5.91 Å². The molecule has 16 heavy (non-hydrogen) atoms. The summed E-state index contributed by atoms with van der Waals surface area (Å²) in [5.74, 6) is 0.134. The Morgan fingerprint density at radius 2 is 1.75 bits per heavy atom. The number of rotatable bonds is 11. The van der Waals surface area contributed by atoms with Gasteiger partial charge in [0.15, 0.2) is 0 Å². The van der Waals surface area contributed by atoms with Gasteiger partial charge in [-0.1, -0.05) is 19.3 Å². The van der Waals surface area contributed by atoms with Gasteiger partial charge >= 0.3 is 0 Å². The van der Waals surface area contributed by atoms with Crippen molar-refractivity contribution in [3.05, 3.63) is 0 Å². The number of nitrogens with one attached hydrogen (secondary N) is 1. The van der Waals surface area contributed by atoms with E-state index in [1.54, 1.807) is 7.05 Å². The molecule has 96 valence electrons. The lowest BCUT2D eigenvalue weighted by molar-refractivity contribution is -0.120. The van der Waals surface area contributed by atoms with Crippen molar-refractivity contribution in [2.75, 3.05) is 26.9 Å². The lowest BCUT2D eigenvalue weighted by Gasteiger charge is -2.03. The first-order valence-electron chi connectivity index (χ1n) is 5.86. The molecule has 0 fully saturated rings. The highest BCUT2D eigenvalue weighted by atomic mass is 32.1. The van der Waals surface area contributed by atoms with Crippen LogP contribution in [0.1, 0.15) is 38.5 Å². The van der Waals surface area contributed by atoms with Crippen LogP contribution < -0.4 is 5.32 Å². The molecule has 0 saturated carbocycles. The summed E-state index contributed by atoms with van der Waals surface area (Å²) in [6, 6.07) is 0. The van der Waals surface area contributed by atoms with Crippen molar-refractivity contribution in [2.24, 2.45) is 0 Å². The molecule has 0 aliphatic carbocycles. The fourth-order valence-electron chi connectivity index (χ4n) is 1.34. The summed E-state index contributed by atoms with van der Waals surface area (Å²) in [6.07, 6.45) is 6.15. The molecular weight excluding hydrogens is 226 g/mol. The van der Waals surface area contributed by atoms with Crippen LogP contribution in [0.15, 0.2) is 0 Å². The second kappa shape index (κ2) is 12.8. The molecule has 0 spiro atoms. The van der Waals surface area contributed by atoms with E-state index in [-0.39, 0.29) is 5.91 Å². The van der Waals surface area contributed by atoms with Crippen molar-refractivity contribution in [2.45, 2.75) is 38.5 Å². The quantitative estimate of drug-likeness (QED) is 0.334.